The molecule has 0 aromatic carbocycles. The summed E-state index contributed by atoms with van der Waals surface area (Å²) in [6.07, 6.45) is 2.05. The summed E-state index contributed by atoms with van der Waals surface area (Å²) < 4.78 is 1.89. The van der Waals surface area contributed by atoms with Gasteiger partial charge < -0.3 is 5.11 Å². The van der Waals surface area contributed by atoms with E-state index in [0.717, 1.165) is 43.9 Å². The first-order valence-corrected chi connectivity index (χ1v) is 7.91. The normalized spacial score (nSPS) is 15.7. The molecule has 2 aromatic rings. The molecule has 112 valence electrons. The number of hydrogen-bond donors (Lipinski definition) is 1. The van der Waals surface area contributed by atoms with E-state index in [-0.39, 0.29) is 0 Å². The van der Waals surface area contributed by atoms with Crippen LogP contribution in [0.5, 0.6) is 0 Å². The van der Waals surface area contributed by atoms with Crippen molar-refractivity contribution in [3.63, 3.8) is 0 Å². The van der Waals surface area contributed by atoms with Crippen molar-refractivity contribution in [2.45, 2.75) is 32.9 Å². The van der Waals surface area contributed by atoms with E-state index in [9.17, 15) is 4.79 Å². The fourth-order valence-electron chi connectivity index (χ4n) is 2.78. The molecule has 6 heteroatoms. The van der Waals surface area contributed by atoms with Gasteiger partial charge in [0, 0.05) is 30.7 Å². The second-order valence-corrected chi connectivity index (χ2v) is 6.72. The Morgan fingerprint density at radius 1 is 1.48 bits per heavy atom. The van der Waals surface area contributed by atoms with Crippen molar-refractivity contribution in [1.29, 1.82) is 0 Å². The standard InChI is InChI=1S/C15H19N3O2S/c1-10-6-12(16-17(10)2)9-18-5-3-4-13-11(8-18)7-14(21-13)15(19)20/h6-7H,3-5,8-9H2,1-2H3,(H,19,20). The summed E-state index contributed by atoms with van der Waals surface area (Å²) in [7, 11) is 1.96. The number of aromatic nitrogens is 2. The SMILES string of the molecule is Cc1cc(CN2CCCc3sc(C(=O)O)cc3C2)nn1C. The van der Waals surface area contributed by atoms with Crippen LogP contribution in [-0.2, 0) is 26.6 Å². The van der Waals surface area contributed by atoms with Gasteiger partial charge in [-0.05, 0) is 44.0 Å². The van der Waals surface area contributed by atoms with Crippen molar-refractivity contribution in [2.24, 2.45) is 7.05 Å². The second kappa shape index (κ2) is 5.61. The van der Waals surface area contributed by atoms with Crippen LogP contribution in [0.4, 0.5) is 0 Å². The van der Waals surface area contributed by atoms with Crippen molar-refractivity contribution in [2.75, 3.05) is 6.54 Å². The molecule has 0 radical (unpaired) electrons. The van der Waals surface area contributed by atoms with Gasteiger partial charge in [0.25, 0.3) is 0 Å². The monoisotopic (exact) mass is 305 g/mol. The van der Waals surface area contributed by atoms with Crippen LogP contribution in [0.15, 0.2) is 12.1 Å². The van der Waals surface area contributed by atoms with E-state index >= 15 is 0 Å². The highest BCUT2D eigenvalue weighted by molar-refractivity contribution is 7.14. The zero-order valence-corrected chi connectivity index (χ0v) is 13.1. The van der Waals surface area contributed by atoms with E-state index in [0.29, 0.717) is 4.88 Å². The number of aromatic carboxylic acids is 1. The molecule has 0 saturated carbocycles. The van der Waals surface area contributed by atoms with Crippen LogP contribution in [-0.4, -0.2) is 32.3 Å². The van der Waals surface area contributed by atoms with Gasteiger partial charge in [0.2, 0.25) is 0 Å². The maximum Gasteiger partial charge on any atom is 0.345 e. The van der Waals surface area contributed by atoms with Gasteiger partial charge >= 0.3 is 5.97 Å². The van der Waals surface area contributed by atoms with Gasteiger partial charge in [-0.3, -0.25) is 9.58 Å². The summed E-state index contributed by atoms with van der Waals surface area (Å²) in [5.41, 5.74) is 3.40. The van der Waals surface area contributed by atoms with Crippen LogP contribution >= 0.6 is 11.3 Å². The van der Waals surface area contributed by atoms with Crippen LogP contribution in [0, 0.1) is 6.92 Å². The Labute approximate surface area is 127 Å². The first-order chi connectivity index (χ1) is 10.0. The van der Waals surface area contributed by atoms with E-state index in [1.807, 2.05) is 17.8 Å². The number of carbonyl (C=O) groups is 1. The minimum absolute atomic E-state index is 0.454. The summed E-state index contributed by atoms with van der Waals surface area (Å²) in [5.74, 6) is -0.819. The van der Waals surface area contributed by atoms with E-state index in [2.05, 4.69) is 23.0 Å². The zero-order chi connectivity index (χ0) is 15.0. The van der Waals surface area contributed by atoms with Gasteiger partial charge in [0.1, 0.15) is 4.88 Å². The van der Waals surface area contributed by atoms with Gasteiger partial charge in [-0.1, -0.05) is 0 Å². The minimum Gasteiger partial charge on any atom is -0.477 e. The minimum atomic E-state index is -0.819. The maximum atomic E-state index is 11.1. The predicted octanol–water partition coefficient (Wildman–Crippen LogP) is 2.44. The lowest BCUT2D eigenvalue weighted by Crippen LogP contribution is -2.23. The summed E-state index contributed by atoms with van der Waals surface area (Å²) in [6.45, 7) is 4.71. The van der Waals surface area contributed by atoms with E-state index in [1.54, 1.807) is 0 Å². The Morgan fingerprint density at radius 3 is 2.95 bits per heavy atom. The highest BCUT2D eigenvalue weighted by Gasteiger charge is 2.20. The molecule has 0 spiro atoms. The molecule has 0 amide bonds. The molecule has 3 rings (SSSR count). The van der Waals surface area contributed by atoms with Gasteiger partial charge in [-0.2, -0.15) is 5.10 Å². The molecule has 0 aliphatic carbocycles. The molecule has 0 unspecified atom stereocenters. The Morgan fingerprint density at radius 2 is 2.29 bits per heavy atom. The van der Waals surface area contributed by atoms with Crippen LogP contribution in [0.25, 0.3) is 0 Å². The first-order valence-electron chi connectivity index (χ1n) is 7.09. The smallest absolute Gasteiger partial charge is 0.345 e. The van der Waals surface area contributed by atoms with Gasteiger partial charge in [-0.25, -0.2) is 4.79 Å². The second-order valence-electron chi connectivity index (χ2n) is 5.58. The molecule has 0 fully saturated rings. The molecule has 3 heterocycles. The van der Waals surface area contributed by atoms with Crippen molar-refractivity contribution in [3.8, 4) is 0 Å². The zero-order valence-electron chi connectivity index (χ0n) is 12.3. The Balaban J connectivity index is 1.77. The van der Waals surface area contributed by atoms with Crippen molar-refractivity contribution < 1.29 is 9.90 Å². The lowest BCUT2D eigenvalue weighted by atomic mass is 10.2. The quantitative estimate of drug-likeness (QED) is 0.946. The Kier molecular flexibility index (Phi) is 3.82. The Bertz CT molecular complexity index is 655. The highest BCUT2D eigenvalue weighted by atomic mass is 32.1. The third-order valence-electron chi connectivity index (χ3n) is 3.93. The number of carboxylic acids is 1. The molecule has 0 atom stereocenters. The van der Waals surface area contributed by atoms with Crippen LogP contribution in [0.2, 0.25) is 0 Å². The van der Waals surface area contributed by atoms with Crippen molar-refractivity contribution in [3.05, 3.63) is 38.8 Å². The third-order valence-corrected chi connectivity index (χ3v) is 5.15. The largest absolute Gasteiger partial charge is 0.477 e. The fourth-order valence-corrected chi connectivity index (χ4v) is 3.83. The number of hydrogen-bond acceptors (Lipinski definition) is 4. The van der Waals surface area contributed by atoms with E-state index in [4.69, 9.17) is 5.11 Å². The molecular formula is C15H19N3O2S. The predicted molar refractivity (Wildman–Crippen MR) is 81.7 cm³/mol. The van der Waals surface area contributed by atoms with Crippen molar-refractivity contribution >= 4 is 17.3 Å². The number of carboxylic acid groups (broad SMARTS) is 1. The lowest BCUT2D eigenvalue weighted by molar-refractivity contribution is 0.0702. The number of rotatable bonds is 3. The van der Waals surface area contributed by atoms with E-state index < -0.39 is 5.97 Å². The number of fused-ring (bicyclic) bond motifs is 1. The molecule has 1 aliphatic heterocycles. The number of thiophene rings is 1. The topological polar surface area (TPSA) is 58.4 Å². The van der Waals surface area contributed by atoms with E-state index in [1.165, 1.54) is 21.8 Å². The average molecular weight is 305 g/mol. The molecule has 0 saturated heterocycles. The molecule has 1 N–H and O–H groups in total. The maximum absolute atomic E-state index is 11.1. The lowest BCUT2D eigenvalue weighted by Gasteiger charge is -2.18. The highest BCUT2D eigenvalue weighted by Crippen LogP contribution is 2.28. The van der Waals surface area contributed by atoms with Gasteiger partial charge in [0.15, 0.2) is 0 Å². The summed E-state index contributed by atoms with van der Waals surface area (Å²) in [4.78, 5) is 15.1. The fraction of sp³-hybridized carbons (Fsp3) is 0.467. The molecule has 5 nitrogen and oxygen atoms in total. The molecule has 2 aromatic heterocycles. The van der Waals surface area contributed by atoms with Gasteiger partial charge in [0.05, 0.1) is 5.69 Å². The molecular weight excluding hydrogens is 286 g/mol. The summed E-state index contributed by atoms with van der Waals surface area (Å²) in [6, 6.07) is 3.95. The molecule has 1 aliphatic rings. The molecule has 0 bridgehead atoms. The van der Waals surface area contributed by atoms with Crippen molar-refractivity contribution in [1.82, 2.24) is 14.7 Å². The third kappa shape index (κ3) is 3.01. The summed E-state index contributed by atoms with van der Waals surface area (Å²) in [5, 5.41) is 13.6. The Hall–Kier alpha value is -1.66. The average Bonchev–Trinajstić information content (AvgIpc) is 2.89. The first kappa shape index (κ1) is 14.3. The van der Waals surface area contributed by atoms with Crippen LogP contribution in [0.3, 0.4) is 0 Å². The number of nitrogens with zero attached hydrogens (tertiary/aromatic N) is 3. The summed E-state index contributed by atoms with van der Waals surface area (Å²) >= 11 is 1.43. The van der Waals surface area contributed by atoms with Crippen LogP contribution < -0.4 is 0 Å². The van der Waals surface area contributed by atoms with Gasteiger partial charge in [-0.15, -0.1) is 11.3 Å². The molecule has 21 heavy (non-hydrogen) atoms. The van der Waals surface area contributed by atoms with Crippen LogP contribution in [0.1, 0.15) is 37.9 Å². The number of aryl methyl sites for hydroxylation is 3.